The van der Waals surface area contributed by atoms with Crippen molar-refractivity contribution in [2.45, 2.75) is 38.0 Å². The van der Waals surface area contributed by atoms with E-state index in [1.807, 2.05) is 0 Å². The van der Waals surface area contributed by atoms with Crippen molar-refractivity contribution in [3.8, 4) is 0 Å². The normalized spacial score (nSPS) is 27.4. The maximum Gasteiger partial charge on any atom is 0.345 e. The molecule has 1 aliphatic carbocycles. The quantitative estimate of drug-likeness (QED) is 0.636. The highest BCUT2D eigenvalue weighted by molar-refractivity contribution is 7.91. The van der Waals surface area contributed by atoms with Crippen LogP contribution in [0.15, 0.2) is 0 Å². The third kappa shape index (κ3) is 6.56. The van der Waals surface area contributed by atoms with E-state index in [9.17, 15) is 22.0 Å². The first-order valence-corrected chi connectivity index (χ1v) is 9.57. The molecule has 7 nitrogen and oxygen atoms in total. The van der Waals surface area contributed by atoms with E-state index in [-0.39, 0.29) is 23.6 Å². The van der Waals surface area contributed by atoms with Gasteiger partial charge in [0, 0.05) is 25.7 Å². The second-order valence-corrected chi connectivity index (χ2v) is 8.24. The van der Waals surface area contributed by atoms with Crippen LogP contribution in [-0.2, 0) is 14.6 Å². The van der Waals surface area contributed by atoms with Crippen LogP contribution < -0.4 is 10.6 Å². The Morgan fingerprint density at radius 2 is 1.91 bits per heavy atom. The summed E-state index contributed by atoms with van der Waals surface area (Å²) in [7, 11) is -2.86. The van der Waals surface area contributed by atoms with Gasteiger partial charge in [0.05, 0.1) is 17.6 Å². The van der Waals surface area contributed by atoms with Gasteiger partial charge in [0.2, 0.25) is 0 Å². The average molecular weight is 355 g/mol. The summed E-state index contributed by atoms with van der Waals surface area (Å²) in [5.41, 5.74) is 0. The number of urea groups is 1. The fourth-order valence-electron chi connectivity index (χ4n) is 2.65. The third-order valence-electron chi connectivity index (χ3n) is 4.10. The smallest absolute Gasteiger partial charge is 0.338 e. The minimum absolute atomic E-state index is 0.119. The molecule has 0 spiro atoms. The predicted molar refractivity (Wildman–Crippen MR) is 80.1 cm³/mol. The fraction of sp³-hybridized carbons (Fsp3) is 0.923. The van der Waals surface area contributed by atoms with Crippen molar-refractivity contribution in [3.05, 3.63) is 0 Å². The lowest BCUT2D eigenvalue weighted by Gasteiger charge is -2.35. The lowest BCUT2D eigenvalue weighted by molar-refractivity contribution is -0.184. The summed E-state index contributed by atoms with van der Waals surface area (Å²) in [4.78, 5) is 13.7. The van der Waals surface area contributed by atoms with Gasteiger partial charge in [-0.25, -0.2) is 13.2 Å². The first kappa shape index (κ1) is 18.3. The van der Waals surface area contributed by atoms with E-state index in [1.54, 1.807) is 0 Å². The molecule has 2 rings (SSSR count). The second kappa shape index (κ2) is 8.20. The van der Waals surface area contributed by atoms with Crippen molar-refractivity contribution < 1.29 is 26.7 Å². The number of nitrogens with one attached hydrogen (secondary N) is 2. The molecule has 134 valence electrons. The lowest BCUT2D eigenvalue weighted by Crippen LogP contribution is -2.51. The molecule has 1 saturated heterocycles. The maximum atomic E-state index is 11.9. The zero-order valence-electron chi connectivity index (χ0n) is 12.8. The van der Waals surface area contributed by atoms with Gasteiger partial charge in [-0.1, -0.05) is 0 Å². The molecule has 1 saturated carbocycles. The maximum absolute atomic E-state index is 11.9. The zero-order chi connectivity index (χ0) is 16.9. The van der Waals surface area contributed by atoms with Gasteiger partial charge >= 0.3 is 12.6 Å². The molecule has 23 heavy (non-hydrogen) atoms. The largest absolute Gasteiger partial charge is 0.345 e. The Morgan fingerprint density at radius 3 is 2.52 bits per heavy atom. The molecule has 0 unspecified atom stereocenters. The van der Waals surface area contributed by atoms with Gasteiger partial charge in [-0.3, -0.25) is 0 Å². The molecule has 0 aromatic rings. The first-order chi connectivity index (χ1) is 10.8. The third-order valence-corrected chi connectivity index (χ3v) is 5.71. The Labute approximate surface area is 134 Å². The molecule has 10 heteroatoms. The van der Waals surface area contributed by atoms with Gasteiger partial charge < -0.3 is 20.3 Å². The molecule has 1 heterocycles. The molecule has 2 amide bonds. The van der Waals surface area contributed by atoms with Crippen LogP contribution in [0.4, 0.5) is 13.6 Å². The van der Waals surface area contributed by atoms with Crippen LogP contribution in [0.5, 0.6) is 0 Å². The number of alkyl halides is 2. The van der Waals surface area contributed by atoms with E-state index in [2.05, 4.69) is 20.3 Å². The Hall–Kier alpha value is -1.00. The summed E-state index contributed by atoms with van der Waals surface area (Å²) in [6.07, 6.45) is 1.06. The number of nitrogens with zero attached hydrogens (tertiary/aromatic N) is 1. The molecule has 0 aromatic carbocycles. The topological polar surface area (TPSA) is 87.7 Å². The van der Waals surface area contributed by atoms with E-state index in [0.29, 0.717) is 32.5 Å². The number of hydrogen-bond acceptors (Lipinski definition) is 5. The highest BCUT2D eigenvalue weighted by atomic mass is 32.2. The van der Waals surface area contributed by atoms with Crippen LogP contribution in [0, 0.1) is 0 Å². The van der Waals surface area contributed by atoms with Crippen LogP contribution in [0.1, 0.15) is 19.3 Å². The first-order valence-electron chi connectivity index (χ1n) is 7.75. The van der Waals surface area contributed by atoms with Gasteiger partial charge in [-0.15, -0.1) is 0 Å². The Bertz CT molecular complexity index is 483. The van der Waals surface area contributed by atoms with E-state index in [0.717, 1.165) is 13.0 Å². The molecule has 0 aromatic heterocycles. The average Bonchev–Trinajstić information content (AvgIpc) is 2.42. The van der Waals surface area contributed by atoms with Crippen LogP contribution >= 0.6 is 0 Å². The number of hydrogen-bond donors (Lipinski definition) is 2. The van der Waals surface area contributed by atoms with Crippen molar-refractivity contribution in [1.82, 2.24) is 15.5 Å². The summed E-state index contributed by atoms with van der Waals surface area (Å²) in [5.74, 6) is 0.398. The summed E-state index contributed by atoms with van der Waals surface area (Å²) < 4.78 is 50.8. The zero-order valence-corrected chi connectivity index (χ0v) is 13.7. The van der Waals surface area contributed by atoms with E-state index >= 15 is 0 Å². The molecular weight excluding hydrogens is 332 g/mol. The number of amides is 2. The molecule has 2 aliphatic rings. The van der Waals surface area contributed by atoms with Gasteiger partial charge in [0.1, 0.15) is 0 Å². The van der Waals surface area contributed by atoms with Crippen LogP contribution in [0.25, 0.3) is 0 Å². The fourth-order valence-corrected chi connectivity index (χ4v) is 3.93. The Kier molecular flexibility index (Phi) is 6.54. The number of rotatable bonds is 7. The van der Waals surface area contributed by atoms with Crippen molar-refractivity contribution in [3.63, 3.8) is 0 Å². The molecule has 2 N–H and O–H groups in total. The number of carbonyl (C=O) groups excluding carboxylic acids is 1. The van der Waals surface area contributed by atoms with Gasteiger partial charge in [-0.2, -0.15) is 8.78 Å². The van der Waals surface area contributed by atoms with Crippen LogP contribution in [0.3, 0.4) is 0 Å². The van der Waals surface area contributed by atoms with E-state index in [4.69, 9.17) is 0 Å². The van der Waals surface area contributed by atoms with Gasteiger partial charge in [0.15, 0.2) is 9.84 Å². The Morgan fingerprint density at radius 1 is 1.26 bits per heavy atom. The molecule has 0 atom stereocenters. The van der Waals surface area contributed by atoms with Crippen molar-refractivity contribution >= 4 is 15.9 Å². The van der Waals surface area contributed by atoms with Crippen LogP contribution in [-0.4, -0.2) is 75.8 Å². The Balaban J connectivity index is 1.48. The summed E-state index contributed by atoms with van der Waals surface area (Å²) in [6.45, 7) is -0.452. The summed E-state index contributed by atoms with van der Waals surface area (Å²) in [5, 5.41) is 5.41. The molecule has 0 radical (unpaired) electrons. The van der Waals surface area contributed by atoms with E-state index < -0.39 is 22.6 Å². The molecule has 1 aliphatic heterocycles. The number of ether oxygens (including phenoxy) is 1. The van der Waals surface area contributed by atoms with Gasteiger partial charge in [0.25, 0.3) is 0 Å². The highest BCUT2D eigenvalue weighted by Crippen LogP contribution is 2.25. The van der Waals surface area contributed by atoms with Crippen LogP contribution in [0.2, 0.25) is 0 Å². The number of halogens is 2. The monoisotopic (exact) mass is 355 g/mol. The number of sulfone groups is 1. The lowest BCUT2D eigenvalue weighted by atomic mass is 9.89. The summed E-state index contributed by atoms with van der Waals surface area (Å²) in [6, 6.07) is -0.433. The predicted octanol–water partition coefficient (Wildman–Crippen LogP) is 0.176. The minimum Gasteiger partial charge on any atom is -0.338 e. The highest BCUT2D eigenvalue weighted by Gasteiger charge is 2.32. The standard InChI is InChI=1S/C13H23F2N3O4S/c14-12(15)22-11-8-10(9-11)17-13(19)16-2-1-3-18-4-6-23(20,21)7-5-18/h10-12H,1-9H2,(H2,16,17,19). The second-order valence-electron chi connectivity index (χ2n) is 5.93. The molecule has 2 fully saturated rings. The number of carbonyl (C=O) groups is 1. The SMILES string of the molecule is O=C(NCCCN1CCS(=O)(=O)CC1)NC1CC(OC(F)F)C1. The summed E-state index contributed by atoms with van der Waals surface area (Å²) >= 11 is 0. The minimum atomic E-state index is -2.86. The van der Waals surface area contributed by atoms with Crippen molar-refractivity contribution in [2.24, 2.45) is 0 Å². The van der Waals surface area contributed by atoms with Crippen molar-refractivity contribution in [1.29, 1.82) is 0 Å². The van der Waals surface area contributed by atoms with Gasteiger partial charge in [-0.05, 0) is 25.8 Å². The van der Waals surface area contributed by atoms with E-state index in [1.165, 1.54) is 0 Å². The molecule has 0 bridgehead atoms. The van der Waals surface area contributed by atoms with Crippen molar-refractivity contribution in [2.75, 3.05) is 37.7 Å². The molecular formula is C13H23F2N3O4S.